The molecule has 7 N–H and O–H groups in total. The molecule has 216 valence electrons. The van der Waals surface area contributed by atoms with Crippen LogP contribution in [-0.2, 0) is 5.97 Å². The number of rotatable bonds is 8. The van der Waals surface area contributed by atoms with Crippen molar-refractivity contribution in [2.24, 2.45) is 0 Å². The number of ether oxygens (including phenoxy) is 3. The quantitative estimate of drug-likeness (QED) is 0.149. The molecule has 0 aliphatic carbocycles. The van der Waals surface area contributed by atoms with Crippen LogP contribution in [0.3, 0.4) is 0 Å². The third-order valence-corrected chi connectivity index (χ3v) is 4.91. The number of hydrogen-bond donors (Lipinski definition) is 7. The molecule has 0 aliphatic rings. The second kappa shape index (κ2) is 11.0. The number of pyridine rings is 1. The van der Waals surface area contributed by atoms with E-state index in [1.807, 2.05) is 0 Å². The van der Waals surface area contributed by atoms with Gasteiger partial charge in [-0.2, -0.15) is 4.39 Å². The molecule has 12 nitrogen and oxygen atoms in total. The molecule has 0 saturated carbocycles. The van der Waals surface area contributed by atoms with Crippen molar-refractivity contribution >= 4 is 23.2 Å². The van der Waals surface area contributed by atoms with E-state index in [1.165, 1.54) is 25.3 Å². The Morgan fingerprint density at radius 2 is 1.55 bits per heavy atom. The summed E-state index contributed by atoms with van der Waals surface area (Å²) in [4.78, 5) is 16.9. The second-order valence-corrected chi connectivity index (χ2v) is 8.13. The zero-order valence-electron chi connectivity index (χ0n) is 19.5. The molecular formula is C22H16ClF5N2O10. The van der Waals surface area contributed by atoms with Crippen molar-refractivity contribution in [3.05, 3.63) is 70.0 Å². The number of anilines is 1. The maximum absolute atomic E-state index is 15.4. The van der Waals surface area contributed by atoms with Crippen molar-refractivity contribution < 1.29 is 71.6 Å². The number of aliphatic hydroxyl groups is 6. The Morgan fingerprint density at radius 1 is 0.925 bits per heavy atom. The SMILES string of the molecule is Cc1cc(NC(=O)c2c(Oc3ccc(OC(F)(F)F)c(F)c3OC(O)(O)O)cc(Cl)c(C(O)(O)O)c2F)ccn1. The summed E-state index contributed by atoms with van der Waals surface area (Å²) >= 11 is 5.81. The van der Waals surface area contributed by atoms with Crippen molar-refractivity contribution in [3.8, 4) is 23.0 Å². The molecule has 0 spiro atoms. The van der Waals surface area contributed by atoms with Crippen LogP contribution in [0.5, 0.6) is 23.0 Å². The Balaban J connectivity index is 2.21. The van der Waals surface area contributed by atoms with Gasteiger partial charge in [-0.15, -0.1) is 13.2 Å². The zero-order valence-corrected chi connectivity index (χ0v) is 20.3. The maximum Gasteiger partial charge on any atom is 0.573 e. The van der Waals surface area contributed by atoms with Gasteiger partial charge in [0.2, 0.25) is 11.6 Å². The summed E-state index contributed by atoms with van der Waals surface area (Å²) in [5, 5.41) is 57.2. The van der Waals surface area contributed by atoms with Gasteiger partial charge in [0, 0.05) is 23.6 Å². The maximum atomic E-state index is 15.4. The Kier molecular flexibility index (Phi) is 8.42. The normalized spacial score (nSPS) is 12.2. The molecule has 0 radical (unpaired) electrons. The number of alkyl halides is 3. The molecule has 40 heavy (non-hydrogen) atoms. The number of amides is 1. The summed E-state index contributed by atoms with van der Waals surface area (Å²) in [6.07, 6.45) is -8.38. The smallest absolute Gasteiger partial charge is 0.452 e. The highest BCUT2D eigenvalue weighted by atomic mass is 35.5. The monoisotopic (exact) mass is 598 g/mol. The summed E-state index contributed by atoms with van der Waals surface area (Å²) in [5.74, 6) is -14.7. The van der Waals surface area contributed by atoms with Crippen molar-refractivity contribution in [2.75, 3.05) is 5.32 Å². The molecule has 0 saturated heterocycles. The number of carbonyl (C=O) groups is 1. The van der Waals surface area contributed by atoms with Gasteiger partial charge in [-0.05, 0) is 31.2 Å². The van der Waals surface area contributed by atoms with E-state index >= 15 is 4.39 Å². The molecule has 0 unspecified atom stereocenters. The molecule has 3 aromatic rings. The van der Waals surface area contributed by atoms with Crippen molar-refractivity contribution in [1.29, 1.82) is 0 Å². The largest absolute Gasteiger partial charge is 0.573 e. The Morgan fingerprint density at radius 3 is 2.10 bits per heavy atom. The highest BCUT2D eigenvalue weighted by Crippen LogP contribution is 2.44. The van der Waals surface area contributed by atoms with Crippen molar-refractivity contribution in [1.82, 2.24) is 4.98 Å². The fraction of sp³-hybridized carbons (Fsp3) is 0.182. The number of carbonyl (C=O) groups excluding carboxylic acids is 1. The molecule has 1 heterocycles. The predicted molar refractivity (Wildman–Crippen MR) is 120 cm³/mol. The van der Waals surface area contributed by atoms with E-state index < -0.39 is 75.2 Å². The summed E-state index contributed by atoms with van der Waals surface area (Å²) in [7, 11) is 0. The number of halogens is 6. The number of aryl methyl sites for hydroxylation is 1. The third kappa shape index (κ3) is 7.42. The molecule has 0 atom stereocenters. The van der Waals surface area contributed by atoms with E-state index in [2.05, 4.69) is 19.8 Å². The van der Waals surface area contributed by atoms with Gasteiger partial charge in [-0.25, -0.2) is 4.39 Å². The Hall–Kier alpha value is -3.84. The van der Waals surface area contributed by atoms with Crippen LogP contribution >= 0.6 is 11.6 Å². The first-order chi connectivity index (χ1) is 18.3. The standard InChI is InChI=1S/C22H16ClF5N2O10/c1-8-6-9(4-5-29-8)30-19(31)14-13(7-10(23)15(17(14)25)20(32,33)34)38-12-3-2-11(39-21(26,27)28)16(24)18(12)40-22(35,36)37/h2-7,32-37H,1H3,(H,29,30,31). The van der Waals surface area contributed by atoms with E-state index in [0.717, 1.165) is 0 Å². The summed E-state index contributed by atoms with van der Waals surface area (Å²) in [6.45, 7) is 1.54. The summed E-state index contributed by atoms with van der Waals surface area (Å²) in [6, 6.07) is 3.87. The molecule has 1 aromatic heterocycles. The van der Waals surface area contributed by atoms with Crippen LogP contribution in [0.25, 0.3) is 0 Å². The van der Waals surface area contributed by atoms with E-state index in [-0.39, 0.29) is 5.69 Å². The number of nitrogens with one attached hydrogen (secondary N) is 1. The van der Waals surface area contributed by atoms with Crippen LogP contribution in [0.2, 0.25) is 5.02 Å². The lowest BCUT2D eigenvalue weighted by atomic mass is 10.0. The van der Waals surface area contributed by atoms with E-state index in [0.29, 0.717) is 23.9 Å². The van der Waals surface area contributed by atoms with Gasteiger partial charge in [-0.1, -0.05) is 11.6 Å². The lowest BCUT2D eigenvalue weighted by Crippen LogP contribution is -2.35. The fourth-order valence-corrected chi connectivity index (χ4v) is 3.48. The molecule has 2 aromatic carbocycles. The van der Waals surface area contributed by atoms with Gasteiger partial charge in [0.1, 0.15) is 11.3 Å². The number of aromatic nitrogens is 1. The average Bonchev–Trinajstić information content (AvgIpc) is 2.75. The number of nitrogens with zero attached hydrogens (tertiary/aromatic N) is 1. The van der Waals surface area contributed by atoms with E-state index in [1.54, 1.807) is 0 Å². The first-order valence-electron chi connectivity index (χ1n) is 10.3. The van der Waals surface area contributed by atoms with Crippen LogP contribution in [-0.4, -0.2) is 54.1 Å². The average molecular weight is 599 g/mol. The first kappa shape index (κ1) is 30.7. The van der Waals surface area contributed by atoms with Crippen molar-refractivity contribution in [3.63, 3.8) is 0 Å². The van der Waals surface area contributed by atoms with Crippen molar-refractivity contribution in [2.45, 2.75) is 25.4 Å². The summed E-state index contributed by atoms with van der Waals surface area (Å²) < 4.78 is 80.9. The zero-order chi connectivity index (χ0) is 30.2. The van der Waals surface area contributed by atoms with E-state index in [9.17, 15) is 37.7 Å². The predicted octanol–water partition coefficient (Wildman–Crippen LogP) is 2.32. The fourth-order valence-electron chi connectivity index (χ4n) is 3.17. The summed E-state index contributed by atoms with van der Waals surface area (Å²) in [5.41, 5.74) is -2.25. The Labute approximate surface area is 224 Å². The van der Waals surface area contributed by atoms with Gasteiger partial charge in [0.25, 0.3) is 5.91 Å². The minimum absolute atomic E-state index is 0.0250. The molecule has 0 fully saturated rings. The highest BCUT2D eigenvalue weighted by molar-refractivity contribution is 6.32. The van der Waals surface area contributed by atoms with Crippen LogP contribution in [0.4, 0.5) is 27.6 Å². The lowest BCUT2D eigenvalue weighted by molar-refractivity contribution is -0.420. The third-order valence-electron chi connectivity index (χ3n) is 4.61. The minimum atomic E-state index is -5.44. The topological polar surface area (TPSA) is 191 Å². The van der Waals surface area contributed by atoms with Gasteiger partial charge in [-0.3, -0.25) is 9.78 Å². The van der Waals surface area contributed by atoms with Gasteiger partial charge < -0.3 is 50.2 Å². The first-order valence-corrected chi connectivity index (χ1v) is 10.7. The van der Waals surface area contributed by atoms with Gasteiger partial charge in [0.15, 0.2) is 17.3 Å². The molecule has 0 bridgehead atoms. The highest BCUT2D eigenvalue weighted by Gasteiger charge is 2.37. The molecular weight excluding hydrogens is 583 g/mol. The van der Waals surface area contributed by atoms with Crippen LogP contribution in [0.1, 0.15) is 21.6 Å². The van der Waals surface area contributed by atoms with Crippen LogP contribution < -0.4 is 19.5 Å². The molecule has 18 heteroatoms. The van der Waals surface area contributed by atoms with Crippen LogP contribution in [0, 0.1) is 18.6 Å². The Bertz CT molecular complexity index is 1440. The van der Waals surface area contributed by atoms with Gasteiger partial charge >= 0.3 is 18.5 Å². The number of benzene rings is 2. The van der Waals surface area contributed by atoms with Gasteiger partial charge in [0.05, 0.1) is 10.6 Å². The lowest BCUT2D eigenvalue weighted by Gasteiger charge is -2.23. The molecule has 3 rings (SSSR count). The number of hydrogen-bond acceptors (Lipinski definition) is 11. The van der Waals surface area contributed by atoms with E-state index in [4.69, 9.17) is 31.7 Å². The van der Waals surface area contributed by atoms with Crippen LogP contribution in [0.15, 0.2) is 36.5 Å². The molecule has 0 aliphatic heterocycles. The molecule has 1 amide bonds. The minimum Gasteiger partial charge on any atom is -0.452 e. The second-order valence-electron chi connectivity index (χ2n) is 7.73.